The van der Waals surface area contributed by atoms with Crippen molar-refractivity contribution in [3.63, 3.8) is 0 Å². The minimum Gasteiger partial charge on any atom is -0.324 e. The number of imidazole rings is 1. The number of sulfonamides is 1. The van der Waals surface area contributed by atoms with Gasteiger partial charge in [0.15, 0.2) is 0 Å². The van der Waals surface area contributed by atoms with Crippen molar-refractivity contribution in [3.05, 3.63) is 11.5 Å². The van der Waals surface area contributed by atoms with Crippen LogP contribution in [-0.2, 0) is 17.1 Å². The molecule has 1 saturated heterocycles. The van der Waals surface area contributed by atoms with Crippen LogP contribution in [-0.4, -0.2) is 49.0 Å². The fraction of sp³-hybridized carbons (Fsp3) is 0.700. The first kappa shape index (κ1) is 13.8. The third-order valence-electron chi connectivity index (χ3n) is 3.13. The Labute approximate surface area is 112 Å². The number of aromatic nitrogens is 2. The van der Waals surface area contributed by atoms with Gasteiger partial charge >= 0.3 is 0 Å². The quantitative estimate of drug-likeness (QED) is 0.878. The van der Waals surface area contributed by atoms with E-state index in [0.717, 1.165) is 25.9 Å². The maximum Gasteiger partial charge on any atom is 0.261 e. The highest BCUT2D eigenvalue weighted by atomic mass is 35.5. The smallest absolute Gasteiger partial charge is 0.261 e. The summed E-state index contributed by atoms with van der Waals surface area (Å²) < 4.78 is 28.4. The maximum absolute atomic E-state index is 12.1. The topological polar surface area (TPSA) is 67.2 Å². The van der Waals surface area contributed by atoms with Gasteiger partial charge in [0, 0.05) is 13.1 Å². The number of likely N-dealkylation sites (tertiary alicyclic amines) is 1. The second-order valence-electron chi connectivity index (χ2n) is 4.65. The highest BCUT2D eigenvalue weighted by molar-refractivity contribution is 7.89. The predicted octanol–water partition coefficient (Wildman–Crippen LogP) is 0.446. The molecular formula is C10H17ClN4O2S. The van der Waals surface area contributed by atoms with E-state index in [4.69, 9.17) is 11.6 Å². The second-order valence-corrected chi connectivity index (χ2v) is 6.64. The fourth-order valence-corrected chi connectivity index (χ4v) is 3.71. The molecule has 1 aromatic rings. The van der Waals surface area contributed by atoms with Gasteiger partial charge in [-0.05, 0) is 33.0 Å². The molecule has 0 atom stereocenters. The highest BCUT2D eigenvalue weighted by Crippen LogP contribution is 2.20. The van der Waals surface area contributed by atoms with E-state index in [-0.39, 0.29) is 16.2 Å². The molecule has 1 fully saturated rings. The molecule has 0 saturated carbocycles. The Bertz CT molecular complexity index is 520. The van der Waals surface area contributed by atoms with Gasteiger partial charge in [0.05, 0.1) is 6.33 Å². The van der Waals surface area contributed by atoms with Gasteiger partial charge in [0.25, 0.3) is 10.0 Å². The van der Waals surface area contributed by atoms with Gasteiger partial charge in [-0.1, -0.05) is 11.6 Å². The summed E-state index contributed by atoms with van der Waals surface area (Å²) in [7, 11) is 0.0652. The van der Waals surface area contributed by atoms with Crippen molar-refractivity contribution < 1.29 is 8.42 Å². The molecule has 0 radical (unpaired) electrons. The van der Waals surface area contributed by atoms with E-state index in [0.29, 0.717) is 0 Å². The van der Waals surface area contributed by atoms with Gasteiger partial charge < -0.3 is 9.47 Å². The highest BCUT2D eigenvalue weighted by Gasteiger charge is 2.27. The van der Waals surface area contributed by atoms with Crippen molar-refractivity contribution in [1.82, 2.24) is 19.2 Å². The summed E-state index contributed by atoms with van der Waals surface area (Å²) in [6, 6.07) is -0.0377. The lowest BCUT2D eigenvalue weighted by Gasteiger charge is -2.29. The van der Waals surface area contributed by atoms with Gasteiger partial charge in [-0.2, -0.15) is 0 Å². The molecule has 0 bridgehead atoms. The lowest BCUT2D eigenvalue weighted by Crippen LogP contribution is -2.43. The van der Waals surface area contributed by atoms with E-state index in [1.165, 1.54) is 10.9 Å². The van der Waals surface area contributed by atoms with Gasteiger partial charge in [-0.3, -0.25) is 0 Å². The Morgan fingerprint density at radius 3 is 2.50 bits per heavy atom. The fourth-order valence-electron chi connectivity index (χ4n) is 1.98. The molecule has 8 heteroatoms. The van der Waals surface area contributed by atoms with E-state index >= 15 is 0 Å². The molecule has 2 heterocycles. The lowest BCUT2D eigenvalue weighted by atomic mass is 10.1. The second kappa shape index (κ2) is 5.16. The van der Waals surface area contributed by atoms with Crippen LogP contribution in [0.5, 0.6) is 0 Å². The molecule has 2 rings (SSSR count). The molecule has 1 aliphatic heterocycles. The van der Waals surface area contributed by atoms with Crippen molar-refractivity contribution >= 4 is 21.6 Å². The van der Waals surface area contributed by atoms with E-state index in [9.17, 15) is 8.42 Å². The molecule has 0 aliphatic carbocycles. The number of hydrogen-bond acceptors (Lipinski definition) is 4. The minimum absolute atomic E-state index is 0.0377. The first-order chi connectivity index (χ1) is 8.40. The van der Waals surface area contributed by atoms with Gasteiger partial charge in [-0.15, -0.1) is 0 Å². The predicted molar refractivity (Wildman–Crippen MR) is 69.1 cm³/mol. The van der Waals surface area contributed by atoms with E-state index in [1.807, 2.05) is 7.05 Å². The normalized spacial score (nSPS) is 19.3. The molecule has 0 spiro atoms. The Hall–Kier alpha value is -0.630. The molecule has 0 amide bonds. The monoisotopic (exact) mass is 292 g/mol. The Morgan fingerprint density at radius 1 is 1.39 bits per heavy atom. The molecule has 1 N–H and O–H groups in total. The summed E-state index contributed by atoms with van der Waals surface area (Å²) in [6.45, 7) is 1.78. The third kappa shape index (κ3) is 2.85. The van der Waals surface area contributed by atoms with Crippen molar-refractivity contribution in [2.45, 2.75) is 23.9 Å². The van der Waals surface area contributed by atoms with E-state index in [2.05, 4.69) is 14.6 Å². The summed E-state index contributed by atoms with van der Waals surface area (Å²) in [5.74, 6) is 0. The van der Waals surface area contributed by atoms with Crippen LogP contribution in [0.25, 0.3) is 0 Å². The standard InChI is InChI=1S/C10H17ClN4O2S/c1-14-5-3-8(4-6-14)13-18(16,17)10-9(11)15(2)7-12-10/h7-8,13H,3-6H2,1-2H3. The van der Waals surface area contributed by atoms with Crippen LogP contribution in [0, 0.1) is 0 Å². The van der Waals surface area contributed by atoms with E-state index < -0.39 is 10.0 Å². The van der Waals surface area contributed by atoms with Crippen LogP contribution >= 0.6 is 11.6 Å². The molecule has 0 unspecified atom stereocenters. The first-order valence-electron chi connectivity index (χ1n) is 5.78. The number of nitrogens with one attached hydrogen (secondary N) is 1. The van der Waals surface area contributed by atoms with Gasteiger partial charge in [0.1, 0.15) is 5.15 Å². The lowest BCUT2D eigenvalue weighted by molar-refractivity contribution is 0.248. The number of piperidine rings is 1. The zero-order valence-electron chi connectivity index (χ0n) is 10.4. The largest absolute Gasteiger partial charge is 0.324 e. The molecule has 0 aromatic carbocycles. The van der Waals surface area contributed by atoms with E-state index in [1.54, 1.807) is 7.05 Å². The summed E-state index contributed by atoms with van der Waals surface area (Å²) in [5, 5.41) is 0.0426. The third-order valence-corrected chi connectivity index (χ3v) is 5.14. The summed E-state index contributed by atoms with van der Waals surface area (Å²) in [5.41, 5.74) is 0. The average Bonchev–Trinajstić information content (AvgIpc) is 2.63. The number of rotatable bonds is 3. The first-order valence-corrected chi connectivity index (χ1v) is 7.64. The Balaban J connectivity index is 2.10. The Morgan fingerprint density at radius 2 is 2.00 bits per heavy atom. The number of nitrogens with zero attached hydrogens (tertiary/aromatic N) is 3. The SMILES string of the molecule is CN1CCC(NS(=O)(=O)c2ncn(C)c2Cl)CC1. The molecule has 102 valence electrons. The van der Waals surface area contributed by atoms with Crippen LogP contribution in [0.15, 0.2) is 11.4 Å². The number of halogens is 1. The summed E-state index contributed by atoms with van der Waals surface area (Å²) in [6.07, 6.45) is 3.01. The molecule has 1 aliphatic rings. The summed E-state index contributed by atoms with van der Waals surface area (Å²) >= 11 is 5.91. The van der Waals surface area contributed by atoms with Crippen molar-refractivity contribution in [1.29, 1.82) is 0 Å². The molecular weight excluding hydrogens is 276 g/mol. The average molecular weight is 293 g/mol. The number of hydrogen-bond donors (Lipinski definition) is 1. The number of aryl methyl sites for hydroxylation is 1. The van der Waals surface area contributed by atoms with Crippen LogP contribution in [0.3, 0.4) is 0 Å². The van der Waals surface area contributed by atoms with Crippen LogP contribution in [0.4, 0.5) is 0 Å². The minimum atomic E-state index is -3.62. The van der Waals surface area contributed by atoms with Crippen molar-refractivity contribution in [2.24, 2.45) is 7.05 Å². The molecule has 6 nitrogen and oxygen atoms in total. The van der Waals surface area contributed by atoms with Gasteiger partial charge in [0.2, 0.25) is 5.03 Å². The van der Waals surface area contributed by atoms with Crippen molar-refractivity contribution in [2.75, 3.05) is 20.1 Å². The van der Waals surface area contributed by atoms with Crippen LogP contribution in [0.1, 0.15) is 12.8 Å². The van der Waals surface area contributed by atoms with Gasteiger partial charge in [-0.25, -0.2) is 18.1 Å². The van der Waals surface area contributed by atoms with Crippen LogP contribution in [0.2, 0.25) is 5.15 Å². The van der Waals surface area contributed by atoms with Crippen LogP contribution < -0.4 is 4.72 Å². The molecule has 1 aromatic heterocycles. The van der Waals surface area contributed by atoms with Crippen molar-refractivity contribution in [3.8, 4) is 0 Å². The maximum atomic E-state index is 12.1. The zero-order valence-corrected chi connectivity index (χ0v) is 12.0. The molecule has 18 heavy (non-hydrogen) atoms. The summed E-state index contributed by atoms with van der Waals surface area (Å²) in [4.78, 5) is 6.02. The Kier molecular flexibility index (Phi) is 3.96. The zero-order chi connectivity index (χ0) is 13.3.